The zero-order valence-corrected chi connectivity index (χ0v) is 36.1. The van der Waals surface area contributed by atoms with Gasteiger partial charge in [0.2, 0.25) is 0 Å². The molecule has 3 aliphatic carbocycles. The number of rotatable bonds is 7. The summed E-state index contributed by atoms with van der Waals surface area (Å²) in [4.78, 5) is 16.9. The van der Waals surface area contributed by atoms with E-state index in [1.165, 1.54) is 66.1 Å². The maximum absolute atomic E-state index is 5.74. The summed E-state index contributed by atoms with van der Waals surface area (Å²) < 4.78 is 4.97. The summed E-state index contributed by atoms with van der Waals surface area (Å²) in [7, 11) is 0. The lowest BCUT2D eigenvalue weighted by Gasteiger charge is -2.29. The Morgan fingerprint density at radius 3 is 1.70 bits per heavy atom. The molecule has 0 fully saturated rings. The number of fused-ring (bicyclic) bond motifs is 6. The first kappa shape index (κ1) is 38.1. The van der Waals surface area contributed by atoms with E-state index in [9.17, 15) is 0 Å². The molecule has 3 aromatic heterocycles. The number of nitrogens with zero attached hydrogens (tertiary/aromatic N) is 5. The van der Waals surface area contributed by atoms with Crippen LogP contribution in [0, 0.1) is 6.92 Å². The summed E-state index contributed by atoms with van der Waals surface area (Å²) in [5.74, 6) is 2.10. The quantitative estimate of drug-likeness (QED) is 0.161. The van der Waals surface area contributed by atoms with Crippen LogP contribution in [-0.4, -0.2) is 24.1 Å². The third-order valence-corrected chi connectivity index (χ3v) is 13.6. The molecule has 0 saturated heterocycles. The molecule has 0 radical (unpaired) electrons. The lowest BCUT2D eigenvalue weighted by atomic mass is 9.83. The van der Waals surface area contributed by atoms with Crippen LogP contribution in [-0.2, 0) is 0 Å². The third kappa shape index (κ3) is 6.17. The van der Waals surface area contributed by atoms with Gasteiger partial charge in [-0.25, -0.2) is 15.0 Å². The van der Waals surface area contributed by atoms with Crippen LogP contribution in [0.1, 0.15) is 61.7 Å². The van der Waals surface area contributed by atoms with Crippen LogP contribution in [0.25, 0.3) is 77.5 Å². The Morgan fingerprint density at radius 1 is 0.484 bits per heavy atom. The number of aryl methyl sites for hydroxylation is 1. The summed E-state index contributed by atoms with van der Waals surface area (Å²) in [5, 5.41) is 4.90. The number of hydrogen-bond acceptors (Lipinski definition) is 3. The maximum Gasteiger partial charge on any atom is 0.165 e. The standard InChI is InChI=1S/C59H47N5/c1-38-20-6-8-24-41(38)47-30-18-32-49(55(47)63-51-34-14-10-26-43(51)44-27-11-15-35-52(44)63)58-60-57(40-22-4-3-5-23-40)61-59(62-58)50-33-19-31-48(42-25-9-7-21-39(42)2)56(50)64-53-36-16-12-28-45(53)46-29-13-17-37-54(46)64/h3-6,8-20,22,24-32,34-37,40,50H,7,21,23,33H2,1-2H3. The zero-order valence-electron chi connectivity index (χ0n) is 36.1. The minimum absolute atomic E-state index is 0.00670. The van der Waals surface area contributed by atoms with Crippen LogP contribution in [0.5, 0.6) is 0 Å². The summed E-state index contributed by atoms with van der Waals surface area (Å²) >= 11 is 0. The number of para-hydroxylation sites is 5. The second-order valence-electron chi connectivity index (χ2n) is 17.4. The molecular formula is C59H47N5. The Morgan fingerprint density at radius 2 is 1.06 bits per heavy atom. The van der Waals surface area contributed by atoms with E-state index in [0.29, 0.717) is 5.82 Å². The molecule has 6 aromatic carbocycles. The van der Waals surface area contributed by atoms with Gasteiger partial charge in [-0.05, 0) is 86.6 Å². The molecular weight excluding hydrogens is 779 g/mol. The smallest absolute Gasteiger partial charge is 0.165 e. The lowest BCUT2D eigenvalue weighted by Crippen LogP contribution is -2.19. The third-order valence-electron chi connectivity index (χ3n) is 13.6. The van der Waals surface area contributed by atoms with Crippen molar-refractivity contribution in [3.8, 4) is 28.2 Å². The Labute approximate surface area is 373 Å². The van der Waals surface area contributed by atoms with Crippen LogP contribution in [0.15, 0.2) is 205 Å². The first-order chi connectivity index (χ1) is 31.6. The number of allylic oxidation sites excluding steroid dienone is 12. The predicted octanol–water partition coefficient (Wildman–Crippen LogP) is 14.9. The summed E-state index contributed by atoms with van der Waals surface area (Å²) in [5.41, 5.74) is 15.3. The van der Waals surface area contributed by atoms with Gasteiger partial charge >= 0.3 is 0 Å². The highest BCUT2D eigenvalue weighted by molar-refractivity contribution is 6.11. The Kier molecular flexibility index (Phi) is 9.29. The summed E-state index contributed by atoms with van der Waals surface area (Å²) in [6.45, 7) is 4.50. The Balaban J connectivity index is 1.17. The molecule has 5 nitrogen and oxygen atoms in total. The van der Waals surface area contributed by atoms with Gasteiger partial charge in [-0.3, -0.25) is 0 Å². The fraction of sp³-hybridized carbons (Fsp3) is 0.136. The molecule has 3 heterocycles. The largest absolute Gasteiger partial charge is 0.312 e. The van der Waals surface area contributed by atoms with E-state index in [1.807, 2.05) is 0 Å². The highest BCUT2D eigenvalue weighted by atomic mass is 15.1. The minimum Gasteiger partial charge on any atom is -0.312 e. The van der Waals surface area contributed by atoms with Crippen molar-refractivity contribution in [2.75, 3.05) is 0 Å². The first-order valence-corrected chi connectivity index (χ1v) is 22.7. The zero-order chi connectivity index (χ0) is 42.7. The first-order valence-electron chi connectivity index (χ1n) is 22.7. The van der Waals surface area contributed by atoms with Gasteiger partial charge in [-0.15, -0.1) is 0 Å². The van der Waals surface area contributed by atoms with E-state index in [0.717, 1.165) is 65.2 Å². The Hall–Kier alpha value is -7.63. The fourth-order valence-corrected chi connectivity index (χ4v) is 10.6. The van der Waals surface area contributed by atoms with Gasteiger partial charge < -0.3 is 9.13 Å². The number of aromatic nitrogens is 5. The maximum atomic E-state index is 5.74. The molecule has 9 aromatic rings. The molecule has 2 atom stereocenters. The average molecular weight is 826 g/mol. The van der Waals surface area contributed by atoms with Crippen molar-refractivity contribution in [2.45, 2.75) is 51.4 Å². The van der Waals surface area contributed by atoms with Crippen LogP contribution in [0.2, 0.25) is 0 Å². The lowest BCUT2D eigenvalue weighted by molar-refractivity contribution is 0.694. The molecule has 12 rings (SSSR count). The summed E-state index contributed by atoms with van der Waals surface area (Å²) in [6.07, 6.45) is 21.8. The van der Waals surface area contributed by atoms with Gasteiger partial charge in [-0.1, -0.05) is 163 Å². The van der Waals surface area contributed by atoms with Crippen molar-refractivity contribution in [2.24, 2.45) is 0 Å². The number of benzene rings is 6. The number of hydrogen-bond donors (Lipinski definition) is 0. The molecule has 0 aliphatic heterocycles. The molecule has 3 aliphatic rings. The van der Waals surface area contributed by atoms with E-state index < -0.39 is 0 Å². The molecule has 5 heteroatoms. The molecule has 0 bridgehead atoms. The van der Waals surface area contributed by atoms with Crippen molar-refractivity contribution < 1.29 is 0 Å². The molecule has 0 saturated carbocycles. The predicted molar refractivity (Wildman–Crippen MR) is 266 cm³/mol. The molecule has 2 unspecified atom stereocenters. The second-order valence-corrected chi connectivity index (χ2v) is 17.4. The van der Waals surface area contributed by atoms with Crippen molar-refractivity contribution in [1.29, 1.82) is 0 Å². The second kappa shape index (κ2) is 15.6. The van der Waals surface area contributed by atoms with Gasteiger partial charge in [0.15, 0.2) is 5.82 Å². The van der Waals surface area contributed by atoms with E-state index >= 15 is 0 Å². The minimum atomic E-state index is -0.172. The van der Waals surface area contributed by atoms with Gasteiger partial charge in [0.25, 0.3) is 0 Å². The van der Waals surface area contributed by atoms with E-state index in [1.54, 1.807) is 0 Å². The van der Waals surface area contributed by atoms with E-state index in [4.69, 9.17) is 15.0 Å². The van der Waals surface area contributed by atoms with Crippen LogP contribution < -0.4 is 0 Å². The van der Waals surface area contributed by atoms with Crippen molar-refractivity contribution in [1.82, 2.24) is 24.1 Å². The van der Waals surface area contributed by atoms with Crippen molar-refractivity contribution >= 4 is 49.3 Å². The SMILES string of the molecule is CC1=C(C2=C(n3c4ccccc4c4ccccc43)C(c3nc(-c4cccc(-c5ccccc5C)c4-n4c5ccccc5c5ccccc54)nc(C4C=CC=CC4)n3)CC=C2)C=CCC1. The average Bonchev–Trinajstić information content (AvgIpc) is 3.87. The molecule has 0 amide bonds. The van der Waals surface area contributed by atoms with Crippen molar-refractivity contribution in [3.05, 3.63) is 222 Å². The van der Waals surface area contributed by atoms with Gasteiger partial charge in [0, 0.05) is 49.9 Å². The molecule has 0 N–H and O–H groups in total. The highest BCUT2D eigenvalue weighted by Crippen LogP contribution is 2.47. The van der Waals surface area contributed by atoms with Gasteiger partial charge in [-0.2, -0.15) is 0 Å². The van der Waals surface area contributed by atoms with Crippen molar-refractivity contribution in [3.63, 3.8) is 0 Å². The Bertz CT molecular complexity index is 3440. The monoisotopic (exact) mass is 825 g/mol. The van der Waals surface area contributed by atoms with Gasteiger partial charge in [0.1, 0.15) is 11.6 Å². The van der Waals surface area contributed by atoms with E-state index in [-0.39, 0.29) is 11.8 Å². The fourth-order valence-electron chi connectivity index (χ4n) is 10.6. The topological polar surface area (TPSA) is 48.5 Å². The summed E-state index contributed by atoms with van der Waals surface area (Å²) in [6, 6.07) is 50.6. The molecule has 0 spiro atoms. The van der Waals surface area contributed by atoms with Crippen LogP contribution in [0.4, 0.5) is 0 Å². The van der Waals surface area contributed by atoms with Crippen LogP contribution in [0.3, 0.4) is 0 Å². The molecule has 308 valence electrons. The molecule has 64 heavy (non-hydrogen) atoms. The van der Waals surface area contributed by atoms with E-state index in [2.05, 4.69) is 211 Å². The normalized spacial score (nSPS) is 17.5. The highest BCUT2D eigenvalue weighted by Gasteiger charge is 2.32. The van der Waals surface area contributed by atoms with Gasteiger partial charge in [0.05, 0.1) is 33.7 Å². The van der Waals surface area contributed by atoms with Crippen LogP contribution >= 0.6 is 0 Å².